The van der Waals surface area contributed by atoms with Crippen molar-refractivity contribution in [1.29, 1.82) is 0 Å². The lowest BCUT2D eigenvalue weighted by Crippen LogP contribution is -2.20. The molecule has 4 aromatic rings. The van der Waals surface area contributed by atoms with Gasteiger partial charge in [-0.3, -0.25) is 4.99 Å². The zero-order valence-electron chi connectivity index (χ0n) is 15.9. The maximum Gasteiger partial charge on any atom is 0.158 e. The van der Waals surface area contributed by atoms with Crippen LogP contribution in [-0.2, 0) is 0 Å². The molecule has 9 nitrogen and oxygen atoms in total. The van der Waals surface area contributed by atoms with Crippen molar-refractivity contribution in [2.45, 2.75) is 20.0 Å². The number of aromatic nitrogens is 5. The van der Waals surface area contributed by atoms with E-state index in [2.05, 4.69) is 35.7 Å². The molecule has 29 heavy (non-hydrogen) atoms. The Morgan fingerprint density at radius 1 is 1.10 bits per heavy atom. The van der Waals surface area contributed by atoms with Gasteiger partial charge >= 0.3 is 0 Å². The number of fused-ring (bicyclic) bond motifs is 2. The monoisotopic (exact) mass is 386 g/mol. The van der Waals surface area contributed by atoms with Crippen LogP contribution in [0.2, 0.25) is 0 Å². The summed E-state index contributed by atoms with van der Waals surface area (Å²) in [6, 6.07) is 9.60. The molecule has 1 unspecified atom stereocenters. The summed E-state index contributed by atoms with van der Waals surface area (Å²) in [7, 11) is 0. The fraction of sp³-hybridized carbons (Fsp3) is 0.150. The normalized spacial score (nSPS) is 15.0. The van der Waals surface area contributed by atoms with E-state index in [1.54, 1.807) is 10.7 Å². The minimum atomic E-state index is -0.0193. The number of ether oxygens (including phenoxy) is 1. The van der Waals surface area contributed by atoms with Crippen LogP contribution in [0.3, 0.4) is 0 Å². The highest BCUT2D eigenvalue weighted by Crippen LogP contribution is 2.31. The number of aryl methyl sites for hydroxylation is 1. The molecular weight excluding hydrogens is 368 g/mol. The second-order valence-corrected chi connectivity index (χ2v) is 6.71. The Kier molecular flexibility index (Phi) is 4.05. The zero-order chi connectivity index (χ0) is 19.8. The van der Waals surface area contributed by atoms with Crippen molar-refractivity contribution in [2.75, 3.05) is 10.6 Å². The van der Waals surface area contributed by atoms with E-state index < -0.39 is 0 Å². The van der Waals surface area contributed by atoms with Crippen LogP contribution in [0.15, 0.2) is 54.2 Å². The van der Waals surface area contributed by atoms with Crippen molar-refractivity contribution in [3.05, 3.63) is 60.4 Å². The average molecular weight is 386 g/mol. The van der Waals surface area contributed by atoms with Crippen molar-refractivity contribution in [3.63, 3.8) is 0 Å². The number of anilines is 3. The van der Waals surface area contributed by atoms with Crippen LogP contribution in [-0.4, -0.2) is 36.9 Å². The molecule has 5 rings (SSSR count). The Bertz CT molecular complexity index is 1230. The first-order valence-electron chi connectivity index (χ1n) is 9.15. The van der Waals surface area contributed by atoms with E-state index in [4.69, 9.17) is 4.74 Å². The second kappa shape index (κ2) is 6.86. The molecule has 0 bridgehead atoms. The van der Waals surface area contributed by atoms with Crippen molar-refractivity contribution >= 4 is 29.1 Å². The van der Waals surface area contributed by atoms with Crippen molar-refractivity contribution in [1.82, 2.24) is 24.6 Å². The van der Waals surface area contributed by atoms with E-state index in [1.165, 1.54) is 12.7 Å². The van der Waals surface area contributed by atoms with Crippen LogP contribution in [0.5, 0.6) is 11.5 Å². The summed E-state index contributed by atoms with van der Waals surface area (Å²) in [5.41, 5.74) is 4.23. The molecule has 0 fully saturated rings. The van der Waals surface area contributed by atoms with Gasteiger partial charge in [-0.25, -0.2) is 19.5 Å². The van der Waals surface area contributed by atoms with Crippen LogP contribution in [0.1, 0.15) is 18.2 Å². The molecule has 0 amide bonds. The average Bonchev–Trinajstić information content (AvgIpc) is 3.18. The Balaban J connectivity index is 1.38. The van der Waals surface area contributed by atoms with Gasteiger partial charge in [0.15, 0.2) is 11.5 Å². The SMILES string of the molecule is Cc1cc(Nc2ncnc3c2NC(C)N=C3)ccc1Oc1ccn2ncnc2c1. The van der Waals surface area contributed by atoms with E-state index in [-0.39, 0.29) is 6.17 Å². The van der Waals surface area contributed by atoms with Gasteiger partial charge in [-0.15, -0.1) is 0 Å². The molecule has 0 aliphatic carbocycles. The number of rotatable bonds is 4. The number of nitrogens with zero attached hydrogens (tertiary/aromatic N) is 6. The smallest absolute Gasteiger partial charge is 0.158 e. The van der Waals surface area contributed by atoms with Gasteiger partial charge in [-0.2, -0.15) is 5.10 Å². The van der Waals surface area contributed by atoms with Crippen LogP contribution >= 0.6 is 0 Å². The highest BCUT2D eigenvalue weighted by atomic mass is 16.5. The highest BCUT2D eigenvalue weighted by Gasteiger charge is 2.16. The highest BCUT2D eigenvalue weighted by molar-refractivity contribution is 5.92. The molecule has 0 spiro atoms. The quantitative estimate of drug-likeness (QED) is 0.553. The molecule has 4 heterocycles. The summed E-state index contributed by atoms with van der Waals surface area (Å²) in [6.45, 7) is 3.97. The Morgan fingerprint density at radius 2 is 2.03 bits per heavy atom. The lowest BCUT2D eigenvalue weighted by molar-refractivity contribution is 0.478. The molecule has 0 saturated carbocycles. The molecule has 1 aromatic carbocycles. The topological polar surface area (TPSA) is 102 Å². The maximum absolute atomic E-state index is 6.03. The number of pyridine rings is 1. The summed E-state index contributed by atoms with van der Waals surface area (Å²) in [4.78, 5) is 17.1. The van der Waals surface area contributed by atoms with Gasteiger partial charge in [0.25, 0.3) is 0 Å². The molecule has 0 saturated heterocycles. The molecule has 1 aliphatic rings. The Hall–Kier alpha value is -4.01. The van der Waals surface area contributed by atoms with Crippen molar-refractivity contribution in [3.8, 4) is 11.5 Å². The van der Waals surface area contributed by atoms with Gasteiger partial charge in [0.05, 0.1) is 6.21 Å². The number of hydrogen-bond donors (Lipinski definition) is 2. The summed E-state index contributed by atoms with van der Waals surface area (Å²) >= 11 is 0. The molecule has 1 aliphatic heterocycles. The molecule has 1 atom stereocenters. The van der Waals surface area contributed by atoms with Crippen LogP contribution in [0.4, 0.5) is 17.2 Å². The largest absolute Gasteiger partial charge is 0.457 e. The van der Waals surface area contributed by atoms with Gasteiger partial charge in [-0.1, -0.05) is 0 Å². The van der Waals surface area contributed by atoms with E-state index in [9.17, 15) is 0 Å². The fourth-order valence-corrected chi connectivity index (χ4v) is 3.13. The van der Waals surface area contributed by atoms with Crippen LogP contribution < -0.4 is 15.4 Å². The zero-order valence-corrected chi connectivity index (χ0v) is 15.9. The minimum Gasteiger partial charge on any atom is -0.457 e. The number of benzene rings is 1. The van der Waals surface area contributed by atoms with Crippen LogP contribution in [0, 0.1) is 6.92 Å². The van der Waals surface area contributed by atoms with Gasteiger partial charge < -0.3 is 15.4 Å². The van der Waals surface area contributed by atoms with Gasteiger partial charge in [-0.05, 0) is 43.7 Å². The molecule has 9 heteroatoms. The Morgan fingerprint density at radius 3 is 2.93 bits per heavy atom. The van der Waals surface area contributed by atoms with Crippen molar-refractivity contribution in [2.24, 2.45) is 4.99 Å². The minimum absolute atomic E-state index is 0.0193. The first-order chi connectivity index (χ1) is 14.2. The third-order valence-corrected chi connectivity index (χ3v) is 4.57. The molecule has 144 valence electrons. The molecule has 0 radical (unpaired) electrons. The van der Waals surface area contributed by atoms with E-state index >= 15 is 0 Å². The summed E-state index contributed by atoms with van der Waals surface area (Å²) in [6.07, 6.45) is 6.60. The maximum atomic E-state index is 6.03. The number of hydrogen-bond acceptors (Lipinski definition) is 8. The predicted molar refractivity (Wildman–Crippen MR) is 110 cm³/mol. The van der Waals surface area contributed by atoms with Crippen molar-refractivity contribution < 1.29 is 4.74 Å². The molecule has 2 N–H and O–H groups in total. The Labute approximate surface area is 166 Å². The number of aliphatic imine (C=N–C) groups is 1. The first-order valence-corrected chi connectivity index (χ1v) is 9.15. The van der Waals surface area contributed by atoms with Crippen LogP contribution in [0.25, 0.3) is 5.65 Å². The van der Waals surface area contributed by atoms with E-state index in [1.807, 2.05) is 50.4 Å². The number of nitrogens with one attached hydrogen (secondary N) is 2. The third-order valence-electron chi connectivity index (χ3n) is 4.57. The van der Waals surface area contributed by atoms with E-state index in [0.717, 1.165) is 34.0 Å². The lowest BCUT2D eigenvalue weighted by Gasteiger charge is -2.20. The fourth-order valence-electron chi connectivity index (χ4n) is 3.13. The molecular formula is C20H18N8O. The summed E-state index contributed by atoms with van der Waals surface area (Å²) in [5, 5.41) is 10.7. The second-order valence-electron chi connectivity index (χ2n) is 6.71. The van der Waals surface area contributed by atoms with Gasteiger partial charge in [0, 0.05) is 18.0 Å². The van der Waals surface area contributed by atoms with Gasteiger partial charge in [0.2, 0.25) is 0 Å². The summed E-state index contributed by atoms with van der Waals surface area (Å²) < 4.78 is 7.72. The molecule has 3 aromatic heterocycles. The standard InChI is InChI=1S/C20H18N8O/c1-12-7-14(27-20-19-16(22-10-24-20)9-21-13(2)26-19)3-4-17(12)29-15-5-6-28-18(8-15)23-11-25-28/h3-11,13,26H,1-2H3,(H,22,24,27). The first kappa shape index (κ1) is 17.1. The van der Waals surface area contributed by atoms with Gasteiger partial charge in [0.1, 0.15) is 41.7 Å². The predicted octanol–water partition coefficient (Wildman–Crippen LogP) is 3.55. The van der Waals surface area contributed by atoms with E-state index in [0.29, 0.717) is 11.6 Å². The lowest BCUT2D eigenvalue weighted by atomic mass is 10.2. The summed E-state index contributed by atoms with van der Waals surface area (Å²) in [5.74, 6) is 2.18. The third kappa shape index (κ3) is 3.33.